The fourth-order valence-corrected chi connectivity index (χ4v) is 3.93. The number of carbonyl (C=O) groups is 1. The third kappa shape index (κ3) is 7.08. The molecule has 5 nitrogen and oxygen atoms in total. The highest BCUT2D eigenvalue weighted by Gasteiger charge is 2.27. The molecule has 2 aliphatic heterocycles. The lowest BCUT2D eigenvalue weighted by Crippen LogP contribution is -2.46. The van der Waals surface area contributed by atoms with Gasteiger partial charge < -0.3 is 19.4 Å². The van der Waals surface area contributed by atoms with Crippen molar-refractivity contribution in [2.75, 3.05) is 60.5 Å². The van der Waals surface area contributed by atoms with Crippen LogP contribution in [-0.2, 0) is 9.53 Å². The average molecular weight is 340 g/mol. The highest BCUT2D eigenvalue weighted by atomic mass is 16.5. The van der Waals surface area contributed by atoms with Gasteiger partial charge in [-0.05, 0) is 91.8 Å². The Labute approximate surface area is 148 Å². The Morgan fingerprint density at radius 2 is 1.75 bits per heavy atom. The third-order valence-corrected chi connectivity index (χ3v) is 5.62. The number of ether oxygens (including phenoxy) is 1. The van der Waals surface area contributed by atoms with Crippen molar-refractivity contribution in [2.24, 2.45) is 5.92 Å². The molecule has 0 unspecified atom stereocenters. The molecular weight excluding hydrogens is 302 g/mol. The minimum atomic E-state index is -0.00787. The van der Waals surface area contributed by atoms with E-state index in [4.69, 9.17) is 4.74 Å². The third-order valence-electron chi connectivity index (χ3n) is 5.62. The van der Waals surface area contributed by atoms with E-state index >= 15 is 0 Å². The molecule has 2 saturated heterocycles. The molecule has 0 aromatic carbocycles. The molecule has 0 N–H and O–H groups in total. The van der Waals surface area contributed by atoms with Crippen LogP contribution >= 0.6 is 0 Å². The Balaban J connectivity index is 1.54. The van der Waals surface area contributed by atoms with Crippen LogP contribution in [0.25, 0.3) is 0 Å². The molecule has 2 heterocycles. The first-order valence-electron chi connectivity index (χ1n) is 9.77. The molecule has 2 aliphatic rings. The zero-order chi connectivity index (χ0) is 17.4. The summed E-state index contributed by atoms with van der Waals surface area (Å²) < 4.78 is 5.33. The van der Waals surface area contributed by atoms with Gasteiger partial charge in [0, 0.05) is 19.0 Å². The molecule has 0 atom stereocenters. The fourth-order valence-electron chi connectivity index (χ4n) is 3.93. The average Bonchev–Trinajstić information content (AvgIpc) is 2.58. The van der Waals surface area contributed by atoms with Crippen molar-refractivity contribution in [3.63, 3.8) is 0 Å². The first-order chi connectivity index (χ1) is 11.5. The molecule has 2 rings (SSSR count). The highest BCUT2D eigenvalue weighted by Crippen LogP contribution is 2.26. The van der Waals surface area contributed by atoms with Gasteiger partial charge in [0.05, 0.1) is 6.61 Å². The lowest BCUT2D eigenvalue weighted by Gasteiger charge is -2.41. The Morgan fingerprint density at radius 1 is 1.08 bits per heavy atom. The summed E-state index contributed by atoms with van der Waals surface area (Å²) in [5.41, 5.74) is 0. The van der Waals surface area contributed by atoms with E-state index in [2.05, 4.69) is 21.7 Å². The van der Waals surface area contributed by atoms with Crippen LogP contribution in [0.15, 0.2) is 0 Å². The van der Waals surface area contributed by atoms with E-state index in [0.717, 1.165) is 25.4 Å². The predicted octanol–water partition coefficient (Wildman–Crippen LogP) is 2.07. The molecule has 0 amide bonds. The van der Waals surface area contributed by atoms with E-state index in [1.165, 1.54) is 51.9 Å². The minimum Gasteiger partial charge on any atom is -0.466 e. The normalized spacial score (nSPS) is 22.2. The van der Waals surface area contributed by atoms with Gasteiger partial charge in [0.1, 0.15) is 0 Å². The van der Waals surface area contributed by atoms with Crippen LogP contribution in [0.2, 0.25) is 0 Å². The fraction of sp³-hybridized carbons (Fsp3) is 0.947. The molecule has 140 valence electrons. The Hall–Kier alpha value is -0.650. The van der Waals surface area contributed by atoms with Crippen molar-refractivity contribution in [1.82, 2.24) is 14.7 Å². The Morgan fingerprint density at radius 3 is 2.38 bits per heavy atom. The highest BCUT2D eigenvalue weighted by molar-refractivity contribution is 5.69. The molecule has 0 bridgehead atoms. The van der Waals surface area contributed by atoms with E-state index in [9.17, 15) is 4.79 Å². The van der Waals surface area contributed by atoms with Crippen LogP contribution < -0.4 is 0 Å². The van der Waals surface area contributed by atoms with Crippen molar-refractivity contribution in [2.45, 2.75) is 51.0 Å². The summed E-state index contributed by atoms with van der Waals surface area (Å²) in [4.78, 5) is 19.1. The van der Waals surface area contributed by atoms with Gasteiger partial charge in [-0.3, -0.25) is 4.79 Å². The van der Waals surface area contributed by atoms with Crippen LogP contribution in [0.1, 0.15) is 44.9 Å². The van der Waals surface area contributed by atoms with E-state index in [0.29, 0.717) is 18.9 Å². The molecule has 0 spiro atoms. The number of hydrogen-bond acceptors (Lipinski definition) is 5. The molecule has 2 fully saturated rings. The van der Waals surface area contributed by atoms with Gasteiger partial charge in [-0.15, -0.1) is 0 Å². The number of esters is 1. The predicted molar refractivity (Wildman–Crippen MR) is 98.2 cm³/mol. The summed E-state index contributed by atoms with van der Waals surface area (Å²) in [7, 11) is 6.31. The van der Waals surface area contributed by atoms with Gasteiger partial charge in [-0.1, -0.05) is 0 Å². The van der Waals surface area contributed by atoms with E-state index in [-0.39, 0.29) is 5.97 Å². The van der Waals surface area contributed by atoms with Crippen LogP contribution in [-0.4, -0.2) is 87.2 Å². The second kappa shape index (κ2) is 10.4. The van der Waals surface area contributed by atoms with Crippen LogP contribution in [0.3, 0.4) is 0 Å². The zero-order valence-corrected chi connectivity index (χ0v) is 16.0. The summed E-state index contributed by atoms with van der Waals surface area (Å²) in [6, 6.07) is 0.795. The first kappa shape index (κ1) is 19.7. The van der Waals surface area contributed by atoms with E-state index < -0.39 is 0 Å². The second-order valence-corrected chi connectivity index (χ2v) is 7.93. The molecule has 0 aromatic rings. The van der Waals surface area contributed by atoms with Gasteiger partial charge >= 0.3 is 5.97 Å². The summed E-state index contributed by atoms with van der Waals surface area (Å²) in [5.74, 6) is 0.702. The first-order valence-corrected chi connectivity index (χ1v) is 9.77. The number of likely N-dealkylation sites (tertiary alicyclic amines) is 2. The van der Waals surface area contributed by atoms with E-state index in [1.807, 2.05) is 14.1 Å². The number of hydrogen-bond donors (Lipinski definition) is 0. The maximum Gasteiger partial charge on any atom is 0.305 e. The standard InChI is InChI=1S/C19H37N3O2/c1-20(2)11-4-16-24-19(23)6-5-17-7-14-22(15-8-17)18-9-12-21(3)13-10-18/h17-18H,4-16H2,1-3H3. The van der Waals surface area contributed by atoms with Gasteiger partial charge in [-0.2, -0.15) is 0 Å². The smallest absolute Gasteiger partial charge is 0.305 e. The SMILES string of the molecule is CN(C)CCCOC(=O)CCC1CCN(C2CCN(C)CC2)CC1. The lowest BCUT2D eigenvalue weighted by molar-refractivity contribution is -0.144. The van der Waals surface area contributed by atoms with Crippen LogP contribution in [0.5, 0.6) is 0 Å². The number of nitrogens with zero attached hydrogens (tertiary/aromatic N) is 3. The quantitative estimate of drug-likeness (QED) is 0.500. The Bertz CT molecular complexity index is 360. The second-order valence-electron chi connectivity index (χ2n) is 7.93. The molecule has 5 heteroatoms. The largest absolute Gasteiger partial charge is 0.466 e. The monoisotopic (exact) mass is 339 g/mol. The van der Waals surface area contributed by atoms with Gasteiger partial charge in [0.15, 0.2) is 0 Å². The number of rotatable bonds is 8. The van der Waals surface area contributed by atoms with Gasteiger partial charge in [0.2, 0.25) is 0 Å². The molecule has 0 aliphatic carbocycles. The maximum absolute atomic E-state index is 11.8. The number of piperidine rings is 2. The van der Waals surface area contributed by atoms with Gasteiger partial charge in [0.25, 0.3) is 0 Å². The molecule has 0 radical (unpaired) electrons. The van der Waals surface area contributed by atoms with Crippen molar-refractivity contribution in [3.8, 4) is 0 Å². The van der Waals surface area contributed by atoms with Crippen molar-refractivity contribution in [3.05, 3.63) is 0 Å². The minimum absolute atomic E-state index is 0.00787. The zero-order valence-electron chi connectivity index (χ0n) is 16.0. The summed E-state index contributed by atoms with van der Waals surface area (Å²) >= 11 is 0. The van der Waals surface area contributed by atoms with Crippen molar-refractivity contribution >= 4 is 5.97 Å². The van der Waals surface area contributed by atoms with Crippen molar-refractivity contribution < 1.29 is 9.53 Å². The summed E-state index contributed by atoms with van der Waals surface area (Å²) in [6.45, 7) is 6.46. The lowest BCUT2D eigenvalue weighted by atomic mass is 9.90. The van der Waals surface area contributed by atoms with Crippen LogP contribution in [0, 0.1) is 5.92 Å². The molecule has 24 heavy (non-hydrogen) atoms. The molecule has 0 saturated carbocycles. The maximum atomic E-state index is 11.8. The van der Waals surface area contributed by atoms with Crippen molar-refractivity contribution in [1.29, 1.82) is 0 Å². The molecule has 0 aromatic heterocycles. The van der Waals surface area contributed by atoms with E-state index in [1.54, 1.807) is 0 Å². The Kier molecular flexibility index (Phi) is 8.50. The number of carbonyl (C=O) groups excluding carboxylic acids is 1. The van der Waals surface area contributed by atoms with Crippen LogP contribution in [0.4, 0.5) is 0 Å². The summed E-state index contributed by atoms with van der Waals surface area (Å²) in [5, 5.41) is 0. The van der Waals surface area contributed by atoms with Gasteiger partial charge in [-0.25, -0.2) is 0 Å². The topological polar surface area (TPSA) is 36.0 Å². The molecular formula is C19H37N3O2. The summed E-state index contributed by atoms with van der Waals surface area (Å²) in [6.07, 6.45) is 7.67.